The normalized spacial score (nSPS) is 16.5. The summed E-state index contributed by atoms with van der Waals surface area (Å²) >= 11 is 0. The zero-order valence-corrected chi connectivity index (χ0v) is 11.4. The Bertz CT molecular complexity index is 488. The predicted molar refractivity (Wildman–Crippen MR) is 69.3 cm³/mol. The van der Waals surface area contributed by atoms with Crippen LogP contribution in [-0.2, 0) is 16.4 Å². The van der Waals surface area contributed by atoms with Crippen LogP contribution >= 0.6 is 0 Å². The molecule has 0 radical (unpaired) electrons. The molecule has 0 bridgehead atoms. The molecule has 0 aromatic heterocycles. The monoisotopic (exact) mass is 289 g/mol. The second kappa shape index (κ2) is 5.83. The summed E-state index contributed by atoms with van der Waals surface area (Å²) in [6.45, 7) is 3.20. The number of halogens is 3. The van der Waals surface area contributed by atoms with Gasteiger partial charge in [0.25, 0.3) is 0 Å². The molecular weight excluding hydrogens is 271 g/mol. The maximum absolute atomic E-state index is 13.1. The molecule has 0 heterocycles. The van der Waals surface area contributed by atoms with Crippen LogP contribution in [0, 0.1) is 0 Å². The Morgan fingerprint density at radius 1 is 1.30 bits per heavy atom. The van der Waals surface area contributed by atoms with E-state index in [0.29, 0.717) is 6.42 Å². The number of carbonyl (C=O) groups is 1. The van der Waals surface area contributed by atoms with Gasteiger partial charge in [-0.15, -0.1) is 0 Å². The highest BCUT2D eigenvalue weighted by atomic mass is 19.4. The number of carboxylic acid groups (broad SMARTS) is 1. The van der Waals surface area contributed by atoms with E-state index < -0.39 is 35.6 Å². The van der Waals surface area contributed by atoms with Crippen LogP contribution in [0.5, 0.6) is 0 Å². The molecule has 0 spiro atoms. The average molecular weight is 289 g/mol. The molecule has 0 saturated carbocycles. The predicted octanol–water partition coefficient (Wildman–Crippen LogP) is 3.18. The second-order valence-corrected chi connectivity index (χ2v) is 5.05. The largest absolute Gasteiger partial charge is 0.481 e. The van der Waals surface area contributed by atoms with Gasteiger partial charge in [0.15, 0.2) is 0 Å². The number of nitrogens with two attached hydrogens (primary N) is 1. The van der Waals surface area contributed by atoms with E-state index in [9.17, 15) is 18.0 Å². The Kier molecular flexibility index (Phi) is 4.81. The van der Waals surface area contributed by atoms with Crippen LogP contribution < -0.4 is 5.73 Å². The zero-order valence-electron chi connectivity index (χ0n) is 11.4. The Morgan fingerprint density at radius 3 is 2.20 bits per heavy atom. The summed E-state index contributed by atoms with van der Waals surface area (Å²) in [6, 6.07) is 4.33. The van der Waals surface area contributed by atoms with Crippen molar-refractivity contribution >= 4 is 5.97 Å². The number of hydrogen-bond donors (Lipinski definition) is 2. The van der Waals surface area contributed by atoms with Crippen LogP contribution in [0.15, 0.2) is 24.3 Å². The van der Waals surface area contributed by atoms with E-state index in [4.69, 9.17) is 10.8 Å². The summed E-state index contributed by atoms with van der Waals surface area (Å²) < 4.78 is 39.3. The lowest BCUT2D eigenvalue weighted by molar-refractivity contribution is -0.142. The van der Waals surface area contributed by atoms with Crippen LogP contribution in [0.3, 0.4) is 0 Å². The average Bonchev–Trinajstić information content (AvgIpc) is 2.35. The van der Waals surface area contributed by atoms with Crippen molar-refractivity contribution in [3.05, 3.63) is 35.4 Å². The molecule has 0 fully saturated rings. The Balaban J connectivity index is 3.46. The SMILES string of the molecule is CCC(N)C(C)(CC(=O)O)c1ccccc1C(F)(F)F. The summed E-state index contributed by atoms with van der Waals surface area (Å²) in [7, 11) is 0. The molecule has 0 saturated heterocycles. The number of benzene rings is 1. The standard InChI is InChI=1S/C14H18F3NO2/c1-3-11(18)13(2,8-12(19)20)9-6-4-5-7-10(9)14(15,16)17/h4-7,11H,3,8,18H2,1-2H3,(H,19,20). The van der Waals surface area contributed by atoms with Gasteiger partial charge in [-0.3, -0.25) is 4.79 Å². The maximum Gasteiger partial charge on any atom is 0.416 e. The Morgan fingerprint density at radius 2 is 1.80 bits per heavy atom. The minimum absolute atomic E-state index is 0.0655. The molecule has 0 amide bonds. The van der Waals surface area contributed by atoms with Gasteiger partial charge < -0.3 is 10.8 Å². The summed E-state index contributed by atoms with van der Waals surface area (Å²) in [5.41, 5.74) is 3.75. The van der Waals surface area contributed by atoms with E-state index in [-0.39, 0.29) is 5.56 Å². The van der Waals surface area contributed by atoms with Crippen molar-refractivity contribution in [2.45, 2.75) is 44.3 Å². The topological polar surface area (TPSA) is 63.3 Å². The molecule has 2 atom stereocenters. The number of hydrogen-bond acceptors (Lipinski definition) is 2. The quantitative estimate of drug-likeness (QED) is 0.875. The molecule has 0 aliphatic heterocycles. The number of alkyl halides is 3. The van der Waals surface area contributed by atoms with Gasteiger partial charge in [-0.1, -0.05) is 32.0 Å². The molecular formula is C14H18F3NO2. The van der Waals surface area contributed by atoms with Gasteiger partial charge >= 0.3 is 12.1 Å². The lowest BCUT2D eigenvalue weighted by atomic mass is 9.71. The highest BCUT2D eigenvalue weighted by molar-refractivity contribution is 5.69. The highest BCUT2D eigenvalue weighted by Gasteiger charge is 2.42. The lowest BCUT2D eigenvalue weighted by Crippen LogP contribution is -2.45. The van der Waals surface area contributed by atoms with Crippen LogP contribution in [0.25, 0.3) is 0 Å². The summed E-state index contributed by atoms with van der Waals surface area (Å²) in [6.07, 6.45) is -4.60. The van der Waals surface area contributed by atoms with Crippen LogP contribution in [0.2, 0.25) is 0 Å². The van der Waals surface area contributed by atoms with Crippen LogP contribution in [0.1, 0.15) is 37.8 Å². The molecule has 2 unspecified atom stereocenters. The first-order valence-corrected chi connectivity index (χ1v) is 6.27. The first-order chi connectivity index (χ1) is 9.13. The zero-order chi connectivity index (χ0) is 15.6. The van der Waals surface area contributed by atoms with E-state index in [1.165, 1.54) is 25.1 Å². The summed E-state index contributed by atoms with van der Waals surface area (Å²) in [5.74, 6) is -1.17. The fourth-order valence-corrected chi connectivity index (χ4v) is 2.42. The van der Waals surface area contributed by atoms with Crippen molar-refractivity contribution in [3.8, 4) is 0 Å². The molecule has 0 aliphatic carbocycles. The van der Waals surface area contributed by atoms with Gasteiger partial charge in [0.05, 0.1) is 12.0 Å². The first kappa shape index (κ1) is 16.5. The maximum atomic E-state index is 13.1. The van der Waals surface area contributed by atoms with E-state index in [1.54, 1.807) is 6.92 Å². The fraction of sp³-hybridized carbons (Fsp3) is 0.500. The van der Waals surface area contributed by atoms with Crippen molar-refractivity contribution < 1.29 is 23.1 Å². The van der Waals surface area contributed by atoms with Crippen molar-refractivity contribution in [1.29, 1.82) is 0 Å². The molecule has 20 heavy (non-hydrogen) atoms. The molecule has 1 rings (SSSR count). The van der Waals surface area contributed by atoms with E-state index in [0.717, 1.165) is 6.07 Å². The van der Waals surface area contributed by atoms with Gasteiger partial charge in [0, 0.05) is 11.5 Å². The van der Waals surface area contributed by atoms with Gasteiger partial charge in [-0.2, -0.15) is 13.2 Å². The van der Waals surface area contributed by atoms with Crippen molar-refractivity contribution in [1.82, 2.24) is 0 Å². The van der Waals surface area contributed by atoms with Crippen molar-refractivity contribution in [2.75, 3.05) is 0 Å². The third-order valence-electron chi connectivity index (χ3n) is 3.62. The van der Waals surface area contributed by atoms with Crippen molar-refractivity contribution in [2.24, 2.45) is 5.73 Å². The molecule has 0 aliphatic rings. The molecule has 3 N–H and O–H groups in total. The van der Waals surface area contributed by atoms with Crippen LogP contribution in [0.4, 0.5) is 13.2 Å². The smallest absolute Gasteiger partial charge is 0.416 e. The molecule has 112 valence electrons. The summed E-state index contributed by atoms with van der Waals surface area (Å²) in [4.78, 5) is 11.0. The first-order valence-electron chi connectivity index (χ1n) is 6.27. The second-order valence-electron chi connectivity index (χ2n) is 5.05. The van der Waals surface area contributed by atoms with Gasteiger partial charge in [0.1, 0.15) is 0 Å². The van der Waals surface area contributed by atoms with Crippen molar-refractivity contribution in [3.63, 3.8) is 0 Å². The number of rotatable bonds is 5. The number of carboxylic acids is 1. The fourth-order valence-electron chi connectivity index (χ4n) is 2.42. The Hall–Kier alpha value is -1.56. The van der Waals surface area contributed by atoms with Gasteiger partial charge in [-0.25, -0.2) is 0 Å². The molecule has 1 aromatic carbocycles. The minimum Gasteiger partial charge on any atom is -0.481 e. The number of aliphatic carboxylic acids is 1. The minimum atomic E-state index is -4.54. The van der Waals surface area contributed by atoms with Crippen LogP contribution in [-0.4, -0.2) is 17.1 Å². The lowest BCUT2D eigenvalue weighted by Gasteiger charge is -2.36. The molecule has 1 aromatic rings. The Labute approximate surface area is 115 Å². The van der Waals surface area contributed by atoms with Gasteiger partial charge in [-0.05, 0) is 18.1 Å². The third-order valence-corrected chi connectivity index (χ3v) is 3.62. The highest BCUT2D eigenvalue weighted by Crippen LogP contribution is 2.41. The van der Waals surface area contributed by atoms with E-state index in [2.05, 4.69) is 0 Å². The van der Waals surface area contributed by atoms with E-state index >= 15 is 0 Å². The van der Waals surface area contributed by atoms with E-state index in [1.807, 2.05) is 0 Å². The molecule has 6 heteroatoms. The molecule has 3 nitrogen and oxygen atoms in total. The third kappa shape index (κ3) is 3.30. The summed E-state index contributed by atoms with van der Waals surface area (Å²) in [5, 5.41) is 9.01. The van der Waals surface area contributed by atoms with Gasteiger partial charge in [0.2, 0.25) is 0 Å².